The van der Waals surface area contributed by atoms with Crippen LogP contribution in [0.5, 0.6) is 0 Å². The van der Waals surface area contributed by atoms with Crippen LogP contribution in [0.2, 0.25) is 5.02 Å². The molecule has 2 aromatic rings. The molecule has 0 spiro atoms. The number of hydrogen-bond donors (Lipinski definition) is 1. The molecule has 0 aliphatic carbocycles. The van der Waals surface area contributed by atoms with Crippen molar-refractivity contribution in [1.29, 1.82) is 0 Å². The van der Waals surface area contributed by atoms with Gasteiger partial charge in [0, 0.05) is 21.1 Å². The summed E-state index contributed by atoms with van der Waals surface area (Å²) in [5.74, 6) is -1.09. The number of nitrogens with one attached hydrogen (secondary N) is 1. The first-order valence-electron chi connectivity index (χ1n) is 6.64. The van der Waals surface area contributed by atoms with Gasteiger partial charge in [0.05, 0.1) is 0 Å². The molecule has 1 N–H and O–H groups in total. The van der Waals surface area contributed by atoms with E-state index in [4.69, 9.17) is 11.6 Å². The Bertz CT molecular complexity index is 613. The van der Waals surface area contributed by atoms with Crippen molar-refractivity contribution in [3.8, 4) is 0 Å². The summed E-state index contributed by atoms with van der Waals surface area (Å²) in [4.78, 5) is 0. The molecule has 0 fully saturated rings. The van der Waals surface area contributed by atoms with Gasteiger partial charge in [0.2, 0.25) is 0 Å². The smallest absolute Gasteiger partial charge is 0.130 e. The zero-order valence-electron chi connectivity index (χ0n) is 11.5. The first-order chi connectivity index (χ1) is 10.0. The lowest BCUT2D eigenvalue weighted by molar-refractivity contribution is 0.473. The summed E-state index contributed by atoms with van der Waals surface area (Å²) in [5.41, 5.74) is 0.895. The van der Waals surface area contributed by atoms with Crippen LogP contribution in [0, 0.1) is 11.6 Å². The summed E-state index contributed by atoms with van der Waals surface area (Å²) in [5, 5.41) is 3.69. The fourth-order valence-corrected chi connectivity index (χ4v) is 3.02. The summed E-state index contributed by atoms with van der Waals surface area (Å²) in [6.07, 6.45) is 0.414. The van der Waals surface area contributed by atoms with Crippen LogP contribution in [-0.2, 0) is 6.42 Å². The fraction of sp³-hybridized carbons (Fsp3) is 0.250. The van der Waals surface area contributed by atoms with Crippen LogP contribution in [0.15, 0.2) is 40.9 Å². The number of benzene rings is 2. The molecule has 1 atom stereocenters. The maximum Gasteiger partial charge on any atom is 0.130 e. The van der Waals surface area contributed by atoms with Crippen molar-refractivity contribution in [2.75, 3.05) is 6.54 Å². The van der Waals surface area contributed by atoms with E-state index >= 15 is 0 Å². The third-order valence-electron chi connectivity index (χ3n) is 3.24. The summed E-state index contributed by atoms with van der Waals surface area (Å²) >= 11 is 9.54. The summed E-state index contributed by atoms with van der Waals surface area (Å²) in [6.45, 7) is 2.50. The first kappa shape index (κ1) is 16.4. The first-order valence-corrected chi connectivity index (χ1v) is 7.81. The number of rotatable bonds is 5. The molecule has 0 bridgehead atoms. The maximum atomic E-state index is 14.0. The second kappa shape index (κ2) is 7.34. The predicted molar refractivity (Wildman–Crippen MR) is 85.6 cm³/mol. The van der Waals surface area contributed by atoms with Crippen molar-refractivity contribution < 1.29 is 8.78 Å². The van der Waals surface area contributed by atoms with E-state index in [1.807, 2.05) is 19.1 Å². The number of likely N-dealkylation sites (N-methyl/N-ethyl adjacent to an activating group) is 1. The Hall–Kier alpha value is -0.970. The molecule has 0 aliphatic rings. The Morgan fingerprint density at radius 3 is 2.43 bits per heavy atom. The number of halogens is 4. The standard InChI is InChI=1S/C16H15BrClF2N/c1-2-21-15(16-13(19)4-3-5-14(16)20)8-10-6-7-11(17)9-12(10)18/h3-7,9,15,21H,2,8H2,1H3. The average Bonchev–Trinajstić information content (AvgIpc) is 2.41. The van der Waals surface area contributed by atoms with Crippen LogP contribution in [0.3, 0.4) is 0 Å². The van der Waals surface area contributed by atoms with E-state index in [2.05, 4.69) is 21.2 Å². The Balaban J connectivity index is 2.35. The molecule has 0 aliphatic heterocycles. The quantitative estimate of drug-likeness (QED) is 0.751. The van der Waals surface area contributed by atoms with E-state index < -0.39 is 17.7 Å². The molecule has 0 saturated carbocycles. The van der Waals surface area contributed by atoms with Gasteiger partial charge < -0.3 is 5.32 Å². The molecule has 0 saturated heterocycles. The Morgan fingerprint density at radius 1 is 1.19 bits per heavy atom. The van der Waals surface area contributed by atoms with Gasteiger partial charge in [0.15, 0.2) is 0 Å². The van der Waals surface area contributed by atoms with Crippen LogP contribution >= 0.6 is 27.5 Å². The van der Waals surface area contributed by atoms with Crippen LogP contribution in [0.25, 0.3) is 0 Å². The molecule has 0 amide bonds. The monoisotopic (exact) mass is 373 g/mol. The maximum absolute atomic E-state index is 14.0. The van der Waals surface area contributed by atoms with E-state index in [0.29, 0.717) is 18.0 Å². The third kappa shape index (κ3) is 4.02. The van der Waals surface area contributed by atoms with Gasteiger partial charge in [-0.3, -0.25) is 0 Å². The van der Waals surface area contributed by atoms with Crippen molar-refractivity contribution in [1.82, 2.24) is 5.32 Å². The van der Waals surface area contributed by atoms with Crippen molar-refractivity contribution in [2.45, 2.75) is 19.4 Å². The van der Waals surface area contributed by atoms with E-state index in [-0.39, 0.29) is 5.56 Å². The molecule has 21 heavy (non-hydrogen) atoms. The fourth-order valence-electron chi connectivity index (χ4n) is 2.27. The molecule has 112 valence electrons. The van der Waals surface area contributed by atoms with Gasteiger partial charge in [-0.05, 0) is 42.8 Å². The predicted octanol–water partition coefficient (Wildman–Crippen LogP) is 5.27. The molecular weight excluding hydrogens is 360 g/mol. The van der Waals surface area contributed by atoms with Gasteiger partial charge in [0.25, 0.3) is 0 Å². The van der Waals surface area contributed by atoms with E-state index in [0.717, 1.165) is 10.0 Å². The molecular formula is C16H15BrClF2N. The highest BCUT2D eigenvalue weighted by Gasteiger charge is 2.20. The van der Waals surface area contributed by atoms with E-state index in [9.17, 15) is 8.78 Å². The topological polar surface area (TPSA) is 12.0 Å². The Morgan fingerprint density at radius 2 is 1.86 bits per heavy atom. The highest BCUT2D eigenvalue weighted by molar-refractivity contribution is 9.10. The van der Waals surface area contributed by atoms with Crippen molar-refractivity contribution in [3.05, 3.63) is 68.7 Å². The van der Waals surface area contributed by atoms with Gasteiger partial charge in [-0.1, -0.05) is 46.6 Å². The molecule has 1 nitrogen and oxygen atoms in total. The van der Waals surface area contributed by atoms with Gasteiger partial charge in [0.1, 0.15) is 11.6 Å². The minimum absolute atomic E-state index is 0.0540. The zero-order chi connectivity index (χ0) is 15.4. The number of hydrogen-bond acceptors (Lipinski definition) is 1. The van der Waals surface area contributed by atoms with Crippen molar-refractivity contribution in [2.24, 2.45) is 0 Å². The van der Waals surface area contributed by atoms with Crippen LogP contribution < -0.4 is 5.32 Å². The molecule has 0 aromatic heterocycles. The second-order valence-corrected chi connectivity index (χ2v) is 6.01. The minimum atomic E-state index is -0.547. The SMILES string of the molecule is CCNC(Cc1ccc(Br)cc1Cl)c1c(F)cccc1F. The van der Waals surface area contributed by atoms with Gasteiger partial charge in [-0.15, -0.1) is 0 Å². The summed E-state index contributed by atoms with van der Waals surface area (Å²) < 4.78 is 28.8. The Kier molecular flexibility index (Phi) is 5.73. The molecule has 0 radical (unpaired) electrons. The Labute approximate surface area is 136 Å². The van der Waals surface area contributed by atoms with Crippen LogP contribution in [0.4, 0.5) is 8.78 Å². The molecule has 5 heteroatoms. The lowest BCUT2D eigenvalue weighted by Gasteiger charge is -2.20. The van der Waals surface area contributed by atoms with Crippen molar-refractivity contribution in [3.63, 3.8) is 0 Å². The van der Waals surface area contributed by atoms with E-state index in [1.165, 1.54) is 18.2 Å². The second-order valence-electron chi connectivity index (χ2n) is 4.69. The van der Waals surface area contributed by atoms with Crippen LogP contribution in [-0.4, -0.2) is 6.54 Å². The molecule has 0 heterocycles. The third-order valence-corrected chi connectivity index (χ3v) is 4.08. The highest BCUT2D eigenvalue weighted by atomic mass is 79.9. The average molecular weight is 375 g/mol. The van der Waals surface area contributed by atoms with Gasteiger partial charge >= 0.3 is 0 Å². The van der Waals surface area contributed by atoms with E-state index in [1.54, 1.807) is 6.07 Å². The largest absolute Gasteiger partial charge is 0.310 e. The highest BCUT2D eigenvalue weighted by Crippen LogP contribution is 2.28. The lowest BCUT2D eigenvalue weighted by Crippen LogP contribution is -2.25. The zero-order valence-corrected chi connectivity index (χ0v) is 13.8. The normalized spacial score (nSPS) is 12.4. The molecule has 2 rings (SSSR count). The van der Waals surface area contributed by atoms with Gasteiger partial charge in [-0.2, -0.15) is 0 Å². The molecule has 2 aromatic carbocycles. The summed E-state index contributed by atoms with van der Waals surface area (Å²) in [6, 6.07) is 8.94. The summed E-state index contributed by atoms with van der Waals surface area (Å²) in [7, 11) is 0. The minimum Gasteiger partial charge on any atom is -0.310 e. The molecule has 1 unspecified atom stereocenters. The van der Waals surface area contributed by atoms with Crippen molar-refractivity contribution >= 4 is 27.5 Å². The van der Waals surface area contributed by atoms with Gasteiger partial charge in [-0.25, -0.2) is 8.78 Å². The lowest BCUT2D eigenvalue weighted by atomic mass is 9.97. The van der Waals surface area contributed by atoms with Crippen LogP contribution in [0.1, 0.15) is 24.1 Å².